The number of hydrogen-bond donors (Lipinski definition) is 0. The molecule has 0 atom stereocenters. The van der Waals surface area contributed by atoms with E-state index in [4.69, 9.17) is 16.0 Å². The fraction of sp³-hybridized carbons (Fsp3) is 0. The summed E-state index contributed by atoms with van der Waals surface area (Å²) in [5, 5.41) is 0.678. The Labute approximate surface area is 74.8 Å². The zero-order valence-electron chi connectivity index (χ0n) is 6.12. The number of halogens is 1. The topological polar surface area (TPSA) is 26.0 Å². The minimum absolute atomic E-state index is 0.609. The van der Waals surface area contributed by atoms with E-state index in [1.54, 1.807) is 12.1 Å². The normalized spacial score (nSPS) is 10.1. The van der Waals surface area contributed by atoms with E-state index in [0.29, 0.717) is 10.8 Å². The van der Waals surface area contributed by atoms with Crippen molar-refractivity contribution in [2.45, 2.75) is 0 Å². The maximum Gasteiger partial charge on any atom is 0.182 e. The maximum absolute atomic E-state index is 5.79. The zero-order chi connectivity index (χ0) is 8.39. The second-order valence-electron chi connectivity index (χ2n) is 2.30. The van der Waals surface area contributed by atoms with Gasteiger partial charge in [0.15, 0.2) is 12.2 Å². The molecule has 1 heterocycles. The molecule has 0 bridgehead atoms. The van der Waals surface area contributed by atoms with Crippen LogP contribution in [0.4, 0.5) is 0 Å². The highest BCUT2D eigenvalue weighted by Gasteiger charge is 2.00. The Balaban J connectivity index is 2.48. The lowest BCUT2D eigenvalue weighted by molar-refractivity contribution is 0.572. The smallest absolute Gasteiger partial charge is 0.182 e. The first-order valence-electron chi connectivity index (χ1n) is 3.43. The van der Waals surface area contributed by atoms with Crippen molar-refractivity contribution in [1.82, 2.24) is 4.98 Å². The van der Waals surface area contributed by atoms with Gasteiger partial charge in [-0.15, -0.1) is 0 Å². The van der Waals surface area contributed by atoms with Crippen LogP contribution in [0.5, 0.6) is 0 Å². The second kappa shape index (κ2) is 2.99. The van der Waals surface area contributed by atoms with Gasteiger partial charge in [-0.05, 0) is 12.1 Å². The third-order valence-corrected chi connectivity index (χ3v) is 1.71. The predicted octanol–water partition coefficient (Wildman–Crippen LogP) is 2.80. The number of nitrogens with zero attached hydrogens (tertiary/aromatic N) is 1. The summed E-state index contributed by atoms with van der Waals surface area (Å²) in [5.74, 6) is 0.609. The maximum atomic E-state index is 5.79. The third-order valence-electron chi connectivity index (χ3n) is 1.48. The quantitative estimate of drug-likeness (QED) is 0.671. The summed E-state index contributed by atoms with van der Waals surface area (Å²) >= 11 is 5.79. The summed E-state index contributed by atoms with van der Waals surface area (Å²) in [6.45, 7) is 0. The van der Waals surface area contributed by atoms with Gasteiger partial charge in [-0.1, -0.05) is 23.7 Å². The van der Waals surface area contributed by atoms with Crippen molar-refractivity contribution in [3.63, 3.8) is 0 Å². The molecule has 0 saturated carbocycles. The van der Waals surface area contributed by atoms with Crippen molar-refractivity contribution in [2.24, 2.45) is 0 Å². The van der Waals surface area contributed by atoms with Crippen molar-refractivity contribution >= 4 is 11.6 Å². The van der Waals surface area contributed by atoms with E-state index < -0.39 is 0 Å². The largest absolute Gasteiger partial charge is 0.443 e. The first-order valence-corrected chi connectivity index (χ1v) is 3.81. The van der Waals surface area contributed by atoms with Crippen LogP contribution in [0.25, 0.3) is 11.3 Å². The number of rotatable bonds is 1. The van der Waals surface area contributed by atoms with Crippen LogP contribution >= 0.6 is 11.6 Å². The van der Waals surface area contributed by atoms with E-state index in [-0.39, 0.29) is 0 Å². The van der Waals surface area contributed by atoms with Crippen molar-refractivity contribution in [3.05, 3.63) is 41.9 Å². The highest BCUT2D eigenvalue weighted by atomic mass is 35.5. The first kappa shape index (κ1) is 7.37. The van der Waals surface area contributed by atoms with Crippen LogP contribution in [0.15, 0.2) is 35.1 Å². The van der Waals surface area contributed by atoms with Gasteiger partial charge in [-0.25, -0.2) is 4.98 Å². The Kier molecular flexibility index (Phi) is 1.84. The number of oxazole rings is 1. The van der Waals surface area contributed by atoms with Gasteiger partial charge < -0.3 is 4.42 Å². The monoisotopic (exact) mass is 178 g/mol. The van der Waals surface area contributed by atoms with Crippen LogP contribution in [-0.4, -0.2) is 4.98 Å². The molecule has 12 heavy (non-hydrogen) atoms. The average molecular weight is 179 g/mol. The van der Waals surface area contributed by atoms with E-state index in [1.807, 2.05) is 12.1 Å². The summed E-state index contributed by atoms with van der Waals surface area (Å²) in [6.07, 6.45) is 4.05. The molecule has 0 amide bonds. The van der Waals surface area contributed by atoms with Gasteiger partial charge in [-0.3, -0.25) is 0 Å². The lowest BCUT2D eigenvalue weighted by Gasteiger charge is -1.94. The lowest BCUT2D eigenvalue weighted by atomic mass is 10.2. The molecule has 0 fully saturated rings. The standard InChI is InChI=1S/C9H5ClNO/c10-8-3-1-2-7(4-8)9-5-11-6-12-9/h1-4,6H. The van der Waals surface area contributed by atoms with Crippen LogP contribution in [0, 0.1) is 6.20 Å². The molecule has 3 heteroatoms. The van der Waals surface area contributed by atoms with E-state index in [9.17, 15) is 0 Å². The number of aromatic nitrogens is 1. The van der Waals surface area contributed by atoms with Crippen LogP contribution < -0.4 is 0 Å². The molecule has 0 saturated heterocycles. The molecular formula is C9H5ClNO. The van der Waals surface area contributed by atoms with Crippen LogP contribution in [-0.2, 0) is 0 Å². The molecule has 0 spiro atoms. The van der Waals surface area contributed by atoms with Gasteiger partial charge >= 0.3 is 0 Å². The van der Waals surface area contributed by atoms with Crippen molar-refractivity contribution in [3.8, 4) is 11.3 Å². The fourth-order valence-electron chi connectivity index (χ4n) is 0.953. The first-order chi connectivity index (χ1) is 5.86. The summed E-state index contributed by atoms with van der Waals surface area (Å²) in [7, 11) is 0. The Morgan fingerprint density at radius 2 is 2.33 bits per heavy atom. The molecule has 0 aliphatic heterocycles. The van der Waals surface area contributed by atoms with Crippen molar-refractivity contribution in [2.75, 3.05) is 0 Å². The van der Waals surface area contributed by atoms with Gasteiger partial charge in [0.1, 0.15) is 6.20 Å². The molecule has 0 unspecified atom stereocenters. The molecule has 2 rings (SSSR count). The van der Waals surface area contributed by atoms with Gasteiger partial charge in [-0.2, -0.15) is 0 Å². The molecule has 1 aromatic heterocycles. The summed E-state index contributed by atoms with van der Waals surface area (Å²) in [4.78, 5) is 3.69. The molecule has 0 N–H and O–H groups in total. The van der Waals surface area contributed by atoms with Gasteiger partial charge in [0, 0.05) is 10.6 Å². The lowest BCUT2D eigenvalue weighted by Crippen LogP contribution is -1.72. The molecule has 0 aliphatic rings. The Morgan fingerprint density at radius 1 is 1.42 bits per heavy atom. The third kappa shape index (κ3) is 1.34. The number of hydrogen-bond acceptors (Lipinski definition) is 2. The van der Waals surface area contributed by atoms with E-state index >= 15 is 0 Å². The van der Waals surface area contributed by atoms with Gasteiger partial charge in [0.05, 0.1) is 0 Å². The SMILES string of the molecule is Clc1cccc(-c2[c]nco2)c1. The molecular weight excluding hydrogens is 174 g/mol. The Morgan fingerprint density at radius 3 is 3.00 bits per heavy atom. The Hall–Kier alpha value is -1.28. The number of benzene rings is 1. The molecule has 59 valence electrons. The van der Waals surface area contributed by atoms with E-state index in [1.165, 1.54) is 6.39 Å². The highest BCUT2D eigenvalue weighted by Crippen LogP contribution is 2.21. The van der Waals surface area contributed by atoms with Gasteiger partial charge in [0.2, 0.25) is 0 Å². The second-order valence-corrected chi connectivity index (χ2v) is 2.74. The molecule has 1 radical (unpaired) electrons. The minimum Gasteiger partial charge on any atom is -0.443 e. The van der Waals surface area contributed by atoms with Crippen LogP contribution in [0.1, 0.15) is 0 Å². The fourth-order valence-corrected chi connectivity index (χ4v) is 1.14. The van der Waals surface area contributed by atoms with E-state index in [0.717, 1.165) is 5.56 Å². The van der Waals surface area contributed by atoms with E-state index in [2.05, 4.69) is 11.2 Å². The molecule has 2 nitrogen and oxygen atoms in total. The average Bonchev–Trinajstić information content (AvgIpc) is 2.56. The van der Waals surface area contributed by atoms with Gasteiger partial charge in [0.25, 0.3) is 0 Å². The summed E-state index contributed by atoms with van der Waals surface area (Å²) in [5.41, 5.74) is 0.889. The Bertz CT molecular complexity index is 370. The molecule has 2 aromatic rings. The molecule has 1 aromatic carbocycles. The summed E-state index contributed by atoms with van der Waals surface area (Å²) < 4.78 is 5.05. The molecule has 0 aliphatic carbocycles. The van der Waals surface area contributed by atoms with Crippen molar-refractivity contribution < 1.29 is 4.42 Å². The zero-order valence-corrected chi connectivity index (χ0v) is 6.88. The predicted molar refractivity (Wildman–Crippen MR) is 45.8 cm³/mol. The summed E-state index contributed by atoms with van der Waals surface area (Å²) in [6, 6.07) is 7.36. The highest BCUT2D eigenvalue weighted by molar-refractivity contribution is 6.30. The van der Waals surface area contributed by atoms with Crippen LogP contribution in [0.3, 0.4) is 0 Å². The van der Waals surface area contributed by atoms with Crippen molar-refractivity contribution in [1.29, 1.82) is 0 Å². The minimum atomic E-state index is 0.609. The van der Waals surface area contributed by atoms with Crippen LogP contribution in [0.2, 0.25) is 5.02 Å².